The number of ether oxygens (including phenoxy) is 1. The molecular weight excluding hydrogens is 396 g/mol. The minimum Gasteiger partial charge on any atom is -0.478 e. The molecule has 2 aromatic rings. The van der Waals surface area contributed by atoms with E-state index in [2.05, 4.69) is 10.3 Å². The third kappa shape index (κ3) is 3.73. The number of carbonyl (C=O) groups is 3. The molecule has 1 unspecified atom stereocenters. The van der Waals surface area contributed by atoms with Crippen molar-refractivity contribution in [2.75, 3.05) is 18.1 Å². The molecule has 1 aromatic heterocycles. The van der Waals surface area contributed by atoms with Gasteiger partial charge in [-0.15, -0.1) is 0 Å². The highest BCUT2D eigenvalue weighted by Gasteiger charge is 2.52. The van der Waals surface area contributed by atoms with E-state index < -0.39 is 5.66 Å². The van der Waals surface area contributed by atoms with Crippen LogP contribution in [0.25, 0.3) is 0 Å². The zero-order valence-corrected chi connectivity index (χ0v) is 17.8. The number of para-hydroxylation sites is 1. The standard InChI is InChI=1S/C23H26N4O4/c1-3-31-21-16(7-6-13-24-21)15-25-19(28)11-14-26-22(30)17-8-4-5-9-18(17)27-20(29)10-12-23(26,27)2/h4-9,13H,3,10-12,14-15H2,1-2H3,(H,25,28). The zero-order valence-electron chi connectivity index (χ0n) is 17.8. The topological polar surface area (TPSA) is 91.8 Å². The molecule has 3 amide bonds. The van der Waals surface area contributed by atoms with Crippen LogP contribution in [0.2, 0.25) is 0 Å². The van der Waals surface area contributed by atoms with Crippen LogP contribution in [-0.2, 0) is 16.1 Å². The molecule has 2 aliphatic heterocycles. The van der Waals surface area contributed by atoms with E-state index in [1.54, 1.807) is 34.2 Å². The van der Waals surface area contributed by atoms with Gasteiger partial charge in [-0.1, -0.05) is 18.2 Å². The summed E-state index contributed by atoms with van der Waals surface area (Å²) >= 11 is 0. The summed E-state index contributed by atoms with van der Waals surface area (Å²) in [5.41, 5.74) is 1.18. The summed E-state index contributed by atoms with van der Waals surface area (Å²) in [6.07, 6.45) is 2.70. The van der Waals surface area contributed by atoms with Crippen molar-refractivity contribution in [1.82, 2.24) is 15.2 Å². The van der Waals surface area contributed by atoms with Crippen molar-refractivity contribution in [1.29, 1.82) is 0 Å². The Morgan fingerprint density at radius 1 is 1.23 bits per heavy atom. The summed E-state index contributed by atoms with van der Waals surface area (Å²) in [5, 5.41) is 2.87. The van der Waals surface area contributed by atoms with Gasteiger partial charge < -0.3 is 15.0 Å². The molecular formula is C23H26N4O4. The Kier molecular flexibility index (Phi) is 5.63. The van der Waals surface area contributed by atoms with E-state index in [-0.39, 0.29) is 30.7 Å². The SMILES string of the molecule is CCOc1ncccc1CNC(=O)CCN1C(=O)c2ccccc2N2C(=O)CCC12C. The van der Waals surface area contributed by atoms with Crippen LogP contribution in [0.4, 0.5) is 5.69 Å². The molecule has 31 heavy (non-hydrogen) atoms. The number of hydrogen-bond acceptors (Lipinski definition) is 5. The average molecular weight is 422 g/mol. The number of nitrogens with one attached hydrogen (secondary N) is 1. The Morgan fingerprint density at radius 2 is 2.03 bits per heavy atom. The number of nitrogens with zero attached hydrogens (tertiary/aromatic N) is 3. The van der Waals surface area contributed by atoms with Crippen molar-refractivity contribution in [2.24, 2.45) is 0 Å². The number of carbonyl (C=O) groups excluding carboxylic acids is 3. The van der Waals surface area contributed by atoms with Gasteiger partial charge in [-0.2, -0.15) is 0 Å². The Labute approximate surface area is 181 Å². The maximum absolute atomic E-state index is 13.2. The second kappa shape index (κ2) is 8.37. The lowest BCUT2D eigenvalue weighted by Gasteiger charge is -2.48. The smallest absolute Gasteiger partial charge is 0.257 e. The number of anilines is 1. The molecule has 8 heteroatoms. The molecule has 3 heterocycles. The number of hydrogen-bond donors (Lipinski definition) is 1. The number of pyridine rings is 1. The van der Waals surface area contributed by atoms with Crippen molar-refractivity contribution in [3.05, 3.63) is 53.7 Å². The Bertz CT molecular complexity index is 1020. The minimum atomic E-state index is -0.756. The van der Waals surface area contributed by atoms with Gasteiger partial charge in [0.2, 0.25) is 17.7 Å². The summed E-state index contributed by atoms with van der Waals surface area (Å²) < 4.78 is 5.49. The number of rotatable bonds is 7. The van der Waals surface area contributed by atoms with Gasteiger partial charge in [0.15, 0.2) is 0 Å². The predicted octanol–water partition coefficient (Wildman–Crippen LogP) is 2.49. The van der Waals surface area contributed by atoms with E-state index in [9.17, 15) is 14.4 Å². The lowest BCUT2D eigenvalue weighted by Crippen LogP contribution is -2.62. The molecule has 162 valence electrons. The van der Waals surface area contributed by atoms with Crippen molar-refractivity contribution >= 4 is 23.4 Å². The molecule has 1 aromatic carbocycles. The predicted molar refractivity (Wildman–Crippen MR) is 114 cm³/mol. The van der Waals surface area contributed by atoms with Crippen LogP contribution in [0.1, 0.15) is 49.0 Å². The zero-order chi connectivity index (χ0) is 22.0. The first-order valence-corrected chi connectivity index (χ1v) is 10.5. The van der Waals surface area contributed by atoms with Crippen LogP contribution in [0.3, 0.4) is 0 Å². The van der Waals surface area contributed by atoms with Gasteiger partial charge in [0, 0.05) is 37.7 Å². The monoisotopic (exact) mass is 422 g/mol. The number of aromatic nitrogens is 1. The number of benzene rings is 1. The van der Waals surface area contributed by atoms with Gasteiger partial charge >= 0.3 is 0 Å². The molecule has 1 fully saturated rings. The molecule has 1 atom stereocenters. The van der Waals surface area contributed by atoms with Crippen LogP contribution in [-0.4, -0.2) is 46.4 Å². The lowest BCUT2D eigenvalue weighted by molar-refractivity contribution is -0.121. The average Bonchev–Trinajstić information content (AvgIpc) is 3.08. The molecule has 8 nitrogen and oxygen atoms in total. The van der Waals surface area contributed by atoms with Gasteiger partial charge in [-0.3, -0.25) is 19.3 Å². The molecule has 0 spiro atoms. The largest absolute Gasteiger partial charge is 0.478 e. The van der Waals surface area contributed by atoms with E-state index in [4.69, 9.17) is 4.74 Å². The van der Waals surface area contributed by atoms with E-state index in [1.807, 2.05) is 32.0 Å². The summed E-state index contributed by atoms with van der Waals surface area (Å²) in [6.45, 7) is 4.78. The third-order valence-corrected chi connectivity index (χ3v) is 5.92. The van der Waals surface area contributed by atoms with Crippen molar-refractivity contribution < 1.29 is 19.1 Å². The fraction of sp³-hybridized carbons (Fsp3) is 0.391. The summed E-state index contributed by atoms with van der Waals surface area (Å²) in [5.74, 6) is 0.165. The van der Waals surface area contributed by atoms with Crippen LogP contribution in [0.15, 0.2) is 42.6 Å². The van der Waals surface area contributed by atoms with Gasteiger partial charge in [-0.25, -0.2) is 4.98 Å². The molecule has 4 rings (SSSR count). The Morgan fingerprint density at radius 3 is 2.84 bits per heavy atom. The van der Waals surface area contributed by atoms with Crippen LogP contribution >= 0.6 is 0 Å². The van der Waals surface area contributed by atoms with Gasteiger partial charge in [0.05, 0.1) is 17.9 Å². The van der Waals surface area contributed by atoms with E-state index in [0.717, 1.165) is 5.56 Å². The molecule has 0 radical (unpaired) electrons. The Balaban J connectivity index is 1.45. The maximum Gasteiger partial charge on any atom is 0.257 e. The summed E-state index contributed by atoms with van der Waals surface area (Å²) in [6, 6.07) is 10.8. The van der Waals surface area contributed by atoms with Crippen molar-refractivity contribution in [3.63, 3.8) is 0 Å². The summed E-state index contributed by atoms with van der Waals surface area (Å²) in [4.78, 5) is 45.9. The maximum atomic E-state index is 13.2. The van der Waals surface area contributed by atoms with Crippen LogP contribution < -0.4 is 15.0 Å². The molecule has 0 saturated carbocycles. The quantitative estimate of drug-likeness (QED) is 0.740. The van der Waals surface area contributed by atoms with Crippen molar-refractivity contribution in [3.8, 4) is 5.88 Å². The van der Waals surface area contributed by atoms with Crippen LogP contribution in [0.5, 0.6) is 5.88 Å². The molecule has 2 aliphatic rings. The molecule has 1 saturated heterocycles. The van der Waals surface area contributed by atoms with E-state index in [1.165, 1.54) is 0 Å². The highest BCUT2D eigenvalue weighted by atomic mass is 16.5. The van der Waals surface area contributed by atoms with Gasteiger partial charge in [0.25, 0.3) is 5.91 Å². The second-order valence-corrected chi connectivity index (χ2v) is 7.85. The molecule has 0 aliphatic carbocycles. The fourth-order valence-corrected chi connectivity index (χ4v) is 4.36. The fourth-order valence-electron chi connectivity index (χ4n) is 4.36. The minimum absolute atomic E-state index is 0.00284. The van der Waals surface area contributed by atoms with Gasteiger partial charge in [0.1, 0.15) is 5.66 Å². The lowest BCUT2D eigenvalue weighted by atomic mass is 9.98. The van der Waals surface area contributed by atoms with E-state index in [0.29, 0.717) is 43.1 Å². The van der Waals surface area contributed by atoms with Crippen LogP contribution in [0, 0.1) is 0 Å². The number of fused-ring (bicyclic) bond motifs is 3. The Hall–Kier alpha value is -3.42. The second-order valence-electron chi connectivity index (χ2n) is 7.85. The molecule has 1 N–H and O–H groups in total. The first-order valence-electron chi connectivity index (χ1n) is 10.5. The third-order valence-electron chi connectivity index (χ3n) is 5.92. The van der Waals surface area contributed by atoms with Crippen molar-refractivity contribution in [2.45, 2.75) is 45.3 Å². The van der Waals surface area contributed by atoms with E-state index >= 15 is 0 Å². The summed E-state index contributed by atoms with van der Waals surface area (Å²) in [7, 11) is 0. The molecule has 0 bridgehead atoms. The number of amides is 3. The van der Waals surface area contributed by atoms with Gasteiger partial charge in [-0.05, 0) is 38.5 Å². The highest BCUT2D eigenvalue weighted by molar-refractivity contribution is 6.10. The normalized spacial score (nSPS) is 19.8. The first kappa shape index (κ1) is 20.8. The first-order chi connectivity index (χ1) is 15.0. The highest BCUT2D eigenvalue weighted by Crippen LogP contribution is 2.43.